The Kier molecular flexibility index (Phi) is 5.27. The maximum atomic E-state index is 12.6. The van der Waals surface area contributed by atoms with E-state index in [0.29, 0.717) is 43.3 Å². The number of nitrogens with zero attached hydrogens (tertiary/aromatic N) is 6. The molecule has 0 bridgehead atoms. The molecule has 1 N–H and O–H groups in total. The molecule has 1 aliphatic heterocycles. The van der Waals surface area contributed by atoms with Crippen molar-refractivity contribution in [3.8, 4) is 6.07 Å². The molecule has 0 aromatic carbocycles. The molecule has 1 saturated heterocycles. The third kappa shape index (κ3) is 4.06. The Hall–Kier alpha value is -3.21. The van der Waals surface area contributed by atoms with Crippen LogP contribution in [0.3, 0.4) is 0 Å². The lowest BCUT2D eigenvalue weighted by Gasteiger charge is -2.35. The Labute approximate surface area is 152 Å². The molecule has 0 aliphatic carbocycles. The predicted octanol–water partition coefficient (Wildman–Crippen LogP) is 1.53. The van der Waals surface area contributed by atoms with Gasteiger partial charge in [0, 0.05) is 50.8 Å². The highest BCUT2D eigenvalue weighted by Gasteiger charge is 2.23. The average molecular weight is 351 g/mol. The van der Waals surface area contributed by atoms with Crippen LogP contribution in [0.15, 0.2) is 30.7 Å². The summed E-state index contributed by atoms with van der Waals surface area (Å²) in [7, 11) is 0. The van der Waals surface area contributed by atoms with Crippen LogP contribution in [0.1, 0.15) is 29.8 Å². The molecule has 0 saturated carbocycles. The molecule has 1 aliphatic rings. The smallest absolute Gasteiger partial charge is 0.257 e. The van der Waals surface area contributed by atoms with Crippen LogP contribution in [-0.2, 0) is 0 Å². The first-order chi connectivity index (χ1) is 12.6. The van der Waals surface area contributed by atoms with Crippen molar-refractivity contribution >= 4 is 17.7 Å². The number of hydrogen-bond donors (Lipinski definition) is 1. The molecule has 0 atom stereocenters. The second-order valence-corrected chi connectivity index (χ2v) is 6.39. The number of aromatic nitrogens is 3. The number of rotatable bonds is 4. The van der Waals surface area contributed by atoms with E-state index in [4.69, 9.17) is 5.26 Å². The second kappa shape index (κ2) is 7.78. The van der Waals surface area contributed by atoms with E-state index >= 15 is 0 Å². The zero-order chi connectivity index (χ0) is 18.5. The topological polar surface area (TPSA) is 98.0 Å². The van der Waals surface area contributed by atoms with Crippen molar-refractivity contribution < 1.29 is 4.79 Å². The minimum Gasteiger partial charge on any atom is -0.353 e. The highest BCUT2D eigenvalue weighted by molar-refractivity contribution is 5.93. The highest BCUT2D eigenvalue weighted by atomic mass is 16.2. The van der Waals surface area contributed by atoms with Gasteiger partial charge in [0.1, 0.15) is 11.9 Å². The standard InChI is InChI=1S/C18H21N7O/c1-13(2)23-18-21-11-15(12-22-18)17(26)25-7-5-24(6-8-25)16-4-3-14(9-19)10-20-16/h3-4,10-13H,5-8H2,1-2H3,(H,21,22,23). The maximum Gasteiger partial charge on any atom is 0.257 e. The summed E-state index contributed by atoms with van der Waals surface area (Å²) in [6, 6.07) is 5.89. The number of nitriles is 1. The number of anilines is 2. The van der Waals surface area contributed by atoms with Crippen molar-refractivity contribution in [3.05, 3.63) is 41.9 Å². The van der Waals surface area contributed by atoms with Crippen LogP contribution in [0.5, 0.6) is 0 Å². The maximum absolute atomic E-state index is 12.6. The molecule has 8 nitrogen and oxygen atoms in total. The van der Waals surface area contributed by atoms with Crippen molar-refractivity contribution in [2.45, 2.75) is 19.9 Å². The Morgan fingerprint density at radius 3 is 2.35 bits per heavy atom. The monoisotopic (exact) mass is 351 g/mol. The number of carbonyl (C=O) groups is 1. The molecule has 1 fully saturated rings. The molecule has 1 amide bonds. The Morgan fingerprint density at radius 2 is 1.81 bits per heavy atom. The van der Waals surface area contributed by atoms with Gasteiger partial charge in [-0.1, -0.05) is 0 Å². The number of amides is 1. The fourth-order valence-corrected chi connectivity index (χ4v) is 2.73. The number of nitrogens with one attached hydrogen (secondary N) is 1. The van der Waals surface area contributed by atoms with E-state index in [0.717, 1.165) is 5.82 Å². The first kappa shape index (κ1) is 17.6. The Bertz CT molecular complexity index is 788. The third-order valence-electron chi connectivity index (χ3n) is 4.08. The zero-order valence-electron chi connectivity index (χ0n) is 14.9. The molecule has 2 aromatic rings. The number of hydrogen-bond acceptors (Lipinski definition) is 7. The summed E-state index contributed by atoms with van der Waals surface area (Å²) in [5.74, 6) is 1.28. The molecule has 2 aromatic heterocycles. The molecule has 0 unspecified atom stereocenters. The van der Waals surface area contributed by atoms with Gasteiger partial charge < -0.3 is 15.1 Å². The van der Waals surface area contributed by atoms with Gasteiger partial charge in [-0.25, -0.2) is 15.0 Å². The zero-order valence-corrected chi connectivity index (χ0v) is 14.9. The highest BCUT2D eigenvalue weighted by Crippen LogP contribution is 2.15. The molecule has 3 heterocycles. The van der Waals surface area contributed by atoms with Crippen LogP contribution in [0, 0.1) is 11.3 Å². The van der Waals surface area contributed by atoms with Gasteiger partial charge in [-0.2, -0.15) is 5.26 Å². The van der Waals surface area contributed by atoms with Gasteiger partial charge in [-0.3, -0.25) is 4.79 Å². The number of carbonyl (C=O) groups excluding carboxylic acids is 1. The third-order valence-corrected chi connectivity index (χ3v) is 4.08. The molecule has 0 radical (unpaired) electrons. The number of pyridine rings is 1. The summed E-state index contributed by atoms with van der Waals surface area (Å²) in [6.07, 6.45) is 4.69. The van der Waals surface area contributed by atoms with Crippen LogP contribution in [-0.4, -0.2) is 58.0 Å². The SMILES string of the molecule is CC(C)Nc1ncc(C(=O)N2CCN(c3ccc(C#N)cn3)CC2)cn1. The van der Waals surface area contributed by atoms with E-state index in [1.54, 1.807) is 29.6 Å². The van der Waals surface area contributed by atoms with E-state index in [-0.39, 0.29) is 11.9 Å². The van der Waals surface area contributed by atoms with Crippen molar-refractivity contribution in [1.82, 2.24) is 19.9 Å². The van der Waals surface area contributed by atoms with Crippen molar-refractivity contribution in [3.63, 3.8) is 0 Å². The lowest BCUT2D eigenvalue weighted by Crippen LogP contribution is -2.49. The van der Waals surface area contributed by atoms with Crippen molar-refractivity contribution in [2.24, 2.45) is 0 Å². The fraction of sp³-hybridized carbons (Fsp3) is 0.389. The van der Waals surface area contributed by atoms with Crippen LogP contribution >= 0.6 is 0 Å². The lowest BCUT2D eigenvalue weighted by molar-refractivity contribution is 0.0745. The van der Waals surface area contributed by atoms with Crippen LogP contribution in [0.4, 0.5) is 11.8 Å². The molecule has 3 rings (SSSR count). The van der Waals surface area contributed by atoms with Crippen LogP contribution < -0.4 is 10.2 Å². The van der Waals surface area contributed by atoms with E-state index in [1.807, 2.05) is 19.9 Å². The van der Waals surface area contributed by atoms with Gasteiger partial charge >= 0.3 is 0 Å². The van der Waals surface area contributed by atoms with Gasteiger partial charge in [0.2, 0.25) is 5.95 Å². The van der Waals surface area contributed by atoms with Crippen molar-refractivity contribution in [1.29, 1.82) is 5.26 Å². The minimum atomic E-state index is -0.0615. The Balaban J connectivity index is 1.58. The second-order valence-electron chi connectivity index (χ2n) is 6.39. The summed E-state index contributed by atoms with van der Waals surface area (Å²) in [6.45, 7) is 6.60. The van der Waals surface area contributed by atoms with Crippen LogP contribution in [0.25, 0.3) is 0 Å². The van der Waals surface area contributed by atoms with Gasteiger partial charge in [-0.15, -0.1) is 0 Å². The molecule has 26 heavy (non-hydrogen) atoms. The molecular formula is C18H21N7O. The summed E-state index contributed by atoms with van der Waals surface area (Å²) < 4.78 is 0. The summed E-state index contributed by atoms with van der Waals surface area (Å²) in [5.41, 5.74) is 1.03. The summed E-state index contributed by atoms with van der Waals surface area (Å²) in [5, 5.41) is 11.9. The quantitative estimate of drug-likeness (QED) is 0.892. The van der Waals surface area contributed by atoms with Crippen LogP contribution in [0.2, 0.25) is 0 Å². The molecular weight excluding hydrogens is 330 g/mol. The van der Waals surface area contributed by atoms with Gasteiger partial charge in [-0.05, 0) is 26.0 Å². The molecule has 8 heteroatoms. The summed E-state index contributed by atoms with van der Waals surface area (Å²) in [4.78, 5) is 29.2. The van der Waals surface area contributed by atoms with Crippen molar-refractivity contribution in [2.75, 3.05) is 36.4 Å². The van der Waals surface area contributed by atoms with Gasteiger partial charge in [0.15, 0.2) is 0 Å². The first-order valence-electron chi connectivity index (χ1n) is 8.56. The summed E-state index contributed by atoms with van der Waals surface area (Å²) >= 11 is 0. The Morgan fingerprint density at radius 1 is 1.12 bits per heavy atom. The average Bonchev–Trinajstić information content (AvgIpc) is 2.68. The van der Waals surface area contributed by atoms with E-state index in [2.05, 4.69) is 31.2 Å². The largest absolute Gasteiger partial charge is 0.353 e. The fourth-order valence-electron chi connectivity index (χ4n) is 2.73. The predicted molar refractivity (Wildman–Crippen MR) is 97.9 cm³/mol. The van der Waals surface area contributed by atoms with Gasteiger partial charge in [0.25, 0.3) is 5.91 Å². The van der Waals surface area contributed by atoms with Gasteiger partial charge in [0.05, 0.1) is 11.1 Å². The lowest BCUT2D eigenvalue weighted by atomic mass is 10.2. The van der Waals surface area contributed by atoms with E-state index in [1.165, 1.54) is 0 Å². The normalized spacial score (nSPS) is 14.2. The number of piperazine rings is 1. The molecule has 0 spiro atoms. The van der Waals surface area contributed by atoms with E-state index in [9.17, 15) is 4.79 Å². The minimum absolute atomic E-state index is 0.0615. The van der Waals surface area contributed by atoms with E-state index < -0.39 is 0 Å². The first-order valence-corrected chi connectivity index (χ1v) is 8.56. The molecule has 134 valence electrons.